The van der Waals surface area contributed by atoms with Crippen molar-refractivity contribution in [1.29, 1.82) is 0 Å². The minimum Gasteiger partial charge on any atom is -0.395 e. The van der Waals surface area contributed by atoms with Gasteiger partial charge in [0, 0.05) is 19.7 Å². The largest absolute Gasteiger partial charge is 0.411 e. The van der Waals surface area contributed by atoms with E-state index < -0.39 is 32.1 Å². The van der Waals surface area contributed by atoms with E-state index in [9.17, 15) is 26.3 Å². The van der Waals surface area contributed by atoms with Crippen molar-refractivity contribution in [3.05, 3.63) is 0 Å². The van der Waals surface area contributed by atoms with Crippen LogP contribution in [0.5, 0.6) is 0 Å². The number of halogens is 6. The van der Waals surface area contributed by atoms with Crippen LogP contribution in [-0.2, 0) is 4.74 Å². The molecule has 0 aliphatic carbocycles. The molecule has 110 valence electrons. The first-order valence-corrected chi connectivity index (χ1v) is 5.18. The molecule has 0 aliphatic heterocycles. The number of rotatable bonds is 8. The molecule has 0 saturated heterocycles. The first-order chi connectivity index (χ1) is 8.14. The summed E-state index contributed by atoms with van der Waals surface area (Å²) in [4.78, 5) is 0.914. The van der Waals surface area contributed by atoms with E-state index in [0.29, 0.717) is 0 Å². The molecule has 0 amide bonds. The molecule has 0 aromatic heterocycles. The number of hydrogen-bond acceptors (Lipinski definition) is 3. The zero-order valence-corrected chi connectivity index (χ0v) is 9.52. The molecule has 0 aromatic carbocycles. The van der Waals surface area contributed by atoms with Crippen LogP contribution >= 0.6 is 0 Å². The van der Waals surface area contributed by atoms with Crippen LogP contribution < -0.4 is 0 Å². The molecule has 0 spiro atoms. The van der Waals surface area contributed by atoms with Crippen LogP contribution in [0.2, 0.25) is 0 Å². The Labute approximate surface area is 100 Å². The van der Waals surface area contributed by atoms with Crippen molar-refractivity contribution in [3.8, 4) is 0 Å². The van der Waals surface area contributed by atoms with E-state index in [1.54, 1.807) is 0 Å². The van der Waals surface area contributed by atoms with Crippen LogP contribution in [0.4, 0.5) is 26.3 Å². The number of hydrogen-bond donors (Lipinski definition) is 1. The van der Waals surface area contributed by atoms with E-state index in [0.717, 1.165) is 4.90 Å². The Bertz CT molecular complexity index is 218. The van der Waals surface area contributed by atoms with Crippen LogP contribution in [0.1, 0.15) is 6.42 Å². The zero-order chi connectivity index (χ0) is 14.2. The predicted molar refractivity (Wildman–Crippen MR) is 51.1 cm³/mol. The summed E-state index contributed by atoms with van der Waals surface area (Å²) in [7, 11) is 0. The van der Waals surface area contributed by atoms with Gasteiger partial charge in [0.05, 0.1) is 13.2 Å². The molecule has 0 fully saturated rings. The Kier molecular flexibility index (Phi) is 7.56. The maximum atomic E-state index is 12.1. The highest BCUT2D eigenvalue weighted by Crippen LogP contribution is 2.17. The van der Waals surface area contributed by atoms with Gasteiger partial charge >= 0.3 is 12.4 Å². The Morgan fingerprint density at radius 1 is 0.944 bits per heavy atom. The Morgan fingerprint density at radius 3 is 2.00 bits per heavy atom. The van der Waals surface area contributed by atoms with E-state index in [1.807, 2.05) is 0 Å². The van der Waals surface area contributed by atoms with Crippen molar-refractivity contribution < 1.29 is 36.2 Å². The van der Waals surface area contributed by atoms with Crippen LogP contribution in [0, 0.1) is 0 Å². The Balaban J connectivity index is 3.77. The molecule has 0 atom stereocenters. The molecule has 0 aromatic rings. The highest BCUT2D eigenvalue weighted by Gasteiger charge is 2.30. The maximum Gasteiger partial charge on any atom is 0.411 e. The highest BCUT2D eigenvalue weighted by atomic mass is 19.4. The van der Waals surface area contributed by atoms with Crippen molar-refractivity contribution >= 4 is 0 Å². The van der Waals surface area contributed by atoms with Gasteiger partial charge in [-0.15, -0.1) is 0 Å². The van der Waals surface area contributed by atoms with E-state index in [-0.39, 0.29) is 26.1 Å². The summed E-state index contributed by atoms with van der Waals surface area (Å²) in [6.45, 7) is -3.60. The molecule has 0 aliphatic rings. The number of aliphatic hydroxyl groups excluding tert-OH is 1. The monoisotopic (exact) mass is 283 g/mol. The van der Waals surface area contributed by atoms with Gasteiger partial charge in [0.25, 0.3) is 0 Å². The molecule has 0 heterocycles. The summed E-state index contributed by atoms with van der Waals surface area (Å²) in [5.41, 5.74) is 0. The van der Waals surface area contributed by atoms with Crippen molar-refractivity contribution in [1.82, 2.24) is 4.90 Å². The van der Waals surface area contributed by atoms with Crippen molar-refractivity contribution in [2.45, 2.75) is 18.8 Å². The van der Waals surface area contributed by atoms with Gasteiger partial charge in [0.1, 0.15) is 6.61 Å². The fraction of sp³-hybridized carbons (Fsp3) is 1.00. The number of ether oxygens (including phenoxy) is 1. The summed E-state index contributed by atoms with van der Waals surface area (Å²) in [6, 6.07) is 0. The fourth-order valence-corrected chi connectivity index (χ4v) is 1.24. The minimum atomic E-state index is -4.43. The fourth-order valence-electron chi connectivity index (χ4n) is 1.24. The minimum absolute atomic E-state index is 0.0339. The molecule has 0 saturated carbocycles. The smallest absolute Gasteiger partial charge is 0.395 e. The molecular formula is C9H15F6NO2. The summed E-state index contributed by atoms with van der Waals surface area (Å²) >= 11 is 0. The van der Waals surface area contributed by atoms with Crippen molar-refractivity contribution in [2.75, 3.05) is 39.5 Å². The molecule has 0 radical (unpaired) electrons. The van der Waals surface area contributed by atoms with E-state index >= 15 is 0 Å². The van der Waals surface area contributed by atoms with Gasteiger partial charge in [-0.05, 0) is 6.42 Å². The zero-order valence-electron chi connectivity index (χ0n) is 9.52. The lowest BCUT2D eigenvalue weighted by Gasteiger charge is -2.22. The Morgan fingerprint density at radius 2 is 1.56 bits per heavy atom. The third-order valence-corrected chi connectivity index (χ3v) is 1.85. The Hall–Kier alpha value is -0.540. The average Bonchev–Trinajstić information content (AvgIpc) is 2.13. The summed E-state index contributed by atoms with van der Waals surface area (Å²) < 4.78 is 75.4. The van der Waals surface area contributed by atoms with Gasteiger partial charge in [0.2, 0.25) is 0 Å². The molecule has 18 heavy (non-hydrogen) atoms. The normalized spacial score (nSPS) is 13.3. The van der Waals surface area contributed by atoms with Crippen LogP contribution in [0.25, 0.3) is 0 Å². The van der Waals surface area contributed by atoms with Gasteiger partial charge in [-0.25, -0.2) is 0 Å². The number of alkyl halides is 6. The lowest BCUT2D eigenvalue weighted by Crippen LogP contribution is -2.37. The lowest BCUT2D eigenvalue weighted by molar-refractivity contribution is -0.174. The standard InChI is InChI=1S/C9H15F6NO2/c10-8(11,12)6-16(3-4-17)2-1-5-18-7-9(13,14)15/h17H,1-7H2. The van der Waals surface area contributed by atoms with Crippen molar-refractivity contribution in [2.24, 2.45) is 0 Å². The van der Waals surface area contributed by atoms with Crippen LogP contribution in [0.3, 0.4) is 0 Å². The van der Waals surface area contributed by atoms with Crippen LogP contribution in [0.15, 0.2) is 0 Å². The van der Waals surface area contributed by atoms with Gasteiger partial charge in [-0.3, -0.25) is 4.90 Å². The molecule has 1 N–H and O–H groups in total. The molecule has 0 bridgehead atoms. The third-order valence-electron chi connectivity index (χ3n) is 1.85. The highest BCUT2D eigenvalue weighted by molar-refractivity contribution is 4.63. The third kappa shape index (κ3) is 11.9. The van der Waals surface area contributed by atoms with Gasteiger partial charge in [-0.1, -0.05) is 0 Å². The molecule has 0 rings (SSSR count). The first kappa shape index (κ1) is 17.5. The lowest BCUT2D eigenvalue weighted by atomic mass is 10.3. The van der Waals surface area contributed by atoms with Crippen LogP contribution in [-0.4, -0.2) is 61.8 Å². The van der Waals surface area contributed by atoms with E-state index in [4.69, 9.17) is 5.11 Å². The van der Waals surface area contributed by atoms with Gasteiger partial charge < -0.3 is 9.84 Å². The van der Waals surface area contributed by atoms with Crippen molar-refractivity contribution in [3.63, 3.8) is 0 Å². The molecule has 3 nitrogen and oxygen atoms in total. The quantitative estimate of drug-likeness (QED) is 0.545. The molecule has 0 unspecified atom stereocenters. The van der Waals surface area contributed by atoms with E-state index in [1.165, 1.54) is 0 Å². The van der Waals surface area contributed by atoms with E-state index in [2.05, 4.69) is 4.74 Å². The van der Waals surface area contributed by atoms with Gasteiger partial charge in [-0.2, -0.15) is 26.3 Å². The number of aliphatic hydroxyl groups is 1. The first-order valence-electron chi connectivity index (χ1n) is 5.18. The average molecular weight is 283 g/mol. The number of nitrogens with zero attached hydrogens (tertiary/aromatic N) is 1. The second-order valence-corrected chi connectivity index (χ2v) is 3.64. The molecule has 9 heteroatoms. The molecular weight excluding hydrogens is 268 g/mol. The topological polar surface area (TPSA) is 32.7 Å². The maximum absolute atomic E-state index is 12.1. The second kappa shape index (κ2) is 7.80. The second-order valence-electron chi connectivity index (χ2n) is 3.64. The summed E-state index contributed by atoms with van der Waals surface area (Å²) in [5, 5.41) is 8.55. The van der Waals surface area contributed by atoms with Gasteiger partial charge in [0.15, 0.2) is 0 Å². The summed E-state index contributed by atoms with van der Waals surface area (Å²) in [6.07, 6.45) is -8.80. The SMILES string of the molecule is OCCN(CCCOCC(F)(F)F)CC(F)(F)F. The summed E-state index contributed by atoms with van der Waals surface area (Å²) in [5.74, 6) is 0. The predicted octanol–water partition coefficient (Wildman–Crippen LogP) is 1.81.